The van der Waals surface area contributed by atoms with E-state index in [9.17, 15) is 12.8 Å². The first-order valence-corrected chi connectivity index (χ1v) is 12.9. The molecule has 3 aromatic carbocycles. The van der Waals surface area contributed by atoms with Crippen molar-refractivity contribution in [2.75, 3.05) is 7.11 Å². The molecule has 0 radical (unpaired) electrons. The van der Waals surface area contributed by atoms with E-state index in [2.05, 4.69) is 9.82 Å². The maximum Gasteiger partial charge on any atom is 0.214 e. The van der Waals surface area contributed by atoms with Crippen molar-refractivity contribution in [1.82, 2.24) is 14.5 Å². The molecule has 2 atom stereocenters. The average Bonchev–Trinajstić information content (AvgIpc) is 3.64. The summed E-state index contributed by atoms with van der Waals surface area (Å²) >= 11 is 0. The van der Waals surface area contributed by atoms with Crippen molar-refractivity contribution in [2.24, 2.45) is 0 Å². The molecule has 9 heteroatoms. The number of ether oxygens (including phenoxy) is 2. The zero-order chi connectivity index (χ0) is 24.6. The predicted octanol–water partition coefficient (Wildman–Crippen LogP) is 4.76. The summed E-state index contributed by atoms with van der Waals surface area (Å²) in [5, 5.41) is 4.94. The fourth-order valence-electron chi connectivity index (χ4n) is 4.09. The molecule has 0 bridgehead atoms. The number of nitrogens with one attached hydrogen (secondary N) is 1. The number of hydrogen-bond acceptors (Lipinski definition) is 5. The van der Waals surface area contributed by atoms with Gasteiger partial charge < -0.3 is 9.47 Å². The van der Waals surface area contributed by atoms with Gasteiger partial charge in [-0.2, -0.15) is 5.10 Å². The molecular formula is C26H26FN3O4S. The number of methoxy groups -OCH3 is 1. The first-order chi connectivity index (χ1) is 16.8. The van der Waals surface area contributed by atoms with Gasteiger partial charge in [-0.1, -0.05) is 12.1 Å². The number of benzene rings is 3. The number of halogens is 1. The number of hydrogen-bond donors (Lipinski definition) is 1. The summed E-state index contributed by atoms with van der Waals surface area (Å²) in [5.74, 6) is 0.918. The Morgan fingerprint density at radius 1 is 1.06 bits per heavy atom. The minimum absolute atomic E-state index is 0.309. The van der Waals surface area contributed by atoms with Crippen LogP contribution >= 0.6 is 0 Å². The third kappa shape index (κ3) is 5.01. The molecular weight excluding hydrogens is 469 g/mol. The third-order valence-corrected chi connectivity index (χ3v) is 8.11. The molecule has 1 aromatic heterocycles. The van der Waals surface area contributed by atoms with E-state index < -0.39 is 22.2 Å². The second kappa shape index (κ2) is 9.31. The Bertz CT molecular complexity index is 1450. The topological polar surface area (TPSA) is 82.4 Å². The summed E-state index contributed by atoms with van der Waals surface area (Å²) in [4.78, 5) is 0. The first-order valence-electron chi connectivity index (χ1n) is 11.4. The number of sulfonamides is 1. The van der Waals surface area contributed by atoms with E-state index in [-0.39, 0.29) is 11.1 Å². The van der Waals surface area contributed by atoms with Crippen molar-refractivity contribution in [3.8, 4) is 17.2 Å². The Morgan fingerprint density at radius 3 is 2.54 bits per heavy atom. The molecule has 182 valence electrons. The molecule has 0 saturated heterocycles. The Balaban J connectivity index is 1.46. The van der Waals surface area contributed by atoms with Gasteiger partial charge >= 0.3 is 0 Å². The number of aromatic nitrogens is 2. The fraction of sp³-hybridized carbons (Fsp3) is 0.269. The molecule has 5 rings (SSSR count). The summed E-state index contributed by atoms with van der Waals surface area (Å²) in [6.45, 7) is 1.80. The summed E-state index contributed by atoms with van der Waals surface area (Å²) in [6.07, 6.45) is 2.48. The largest absolute Gasteiger partial charge is 0.497 e. The molecule has 7 nitrogen and oxygen atoms in total. The maximum atomic E-state index is 13.3. The van der Waals surface area contributed by atoms with Crippen LogP contribution in [0.2, 0.25) is 0 Å². The van der Waals surface area contributed by atoms with Crippen LogP contribution in [0.5, 0.6) is 11.5 Å². The van der Waals surface area contributed by atoms with E-state index in [1.165, 1.54) is 12.1 Å². The zero-order valence-corrected chi connectivity index (χ0v) is 20.2. The summed E-state index contributed by atoms with van der Waals surface area (Å²) in [6, 6.07) is 18.6. The van der Waals surface area contributed by atoms with Gasteiger partial charge in [0.2, 0.25) is 10.0 Å². The standard InChI is InChI=1S/C26H26FN3O4S/c1-17(29-35(31,32)24-11-12-24)26(18-4-3-5-22(14-18)33-2)34-23-10-13-25-19(15-23)16-28-30(25)21-8-6-20(27)7-9-21/h3-10,13-17,24,26,29H,11-12H2,1-2H3/t17-,26-/m0/s1. The summed E-state index contributed by atoms with van der Waals surface area (Å²) < 4.78 is 54.8. The smallest absolute Gasteiger partial charge is 0.214 e. The molecule has 1 aliphatic rings. The lowest BCUT2D eigenvalue weighted by Gasteiger charge is -2.27. The molecule has 1 fully saturated rings. The lowest BCUT2D eigenvalue weighted by molar-refractivity contribution is 0.173. The minimum Gasteiger partial charge on any atom is -0.497 e. The molecule has 0 aliphatic heterocycles. The Labute approximate surface area is 203 Å². The first kappa shape index (κ1) is 23.3. The van der Waals surface area contributed by atoms with Crippen molar-refractivity contribution >= 4 is 20.9 Å². The van der Waals surface area contributed by atoms with Crippen LogP contribution in [0.1, 0.15) is 31.4 Å². The van der Waals surface area contributed by atoms with E-state index in [0.29, 0.717) is 24.3 Å². The average molecular weight is 496 g/mol. The van der Waals surface area contributed by atoms with Gasteiger partial charge in [-0.25, -0.2) is 22.2 Å². The van der Waals surface area contributed by atoms with Crippen LogP contribution < -0.4 is 14.2 Å². The molecule has 0 unspecified atom stereocenters. The highest BCUT2D eigenvalue weighted by Crippen LogP contribution is 2.32. The minimum atomic E-state index is -3.41. The van der Waals surface area contributed by atoms with Gasteiger partial charge in [-0.15, -0.1) is 0 Å². The SMILES string of the molecule is COc1cccc([C@@H](Oc2ccc3c(cnn3-c3ccc(F)cc3)c2)[C@H](C)NS(=O)(=O)C2CC2)c1. The predicted molar refractivity (Wildman–Crippen MR) is 132 cm³/mol. The van der Waals surface area contributed by atoms with Crippen molar-refractivity contribution in [1.29, 1.82) is 0 Å². The molecule has 1 heterocycles. The summed E-state index contributed by atoms with van der Waals surface area (Å²) in [5.41, 5.74) is 2.37. The van der Waals surface area contributed by atoms with E-state index in [4.69, 9.17) is 9.47 Å². The van der Waals surface area contributed by atoms with Crippen LogP contribution in [-0.2, 0) is 10.0 Å². The highest BCUT2D eigenvalue weighted by atomic mass is 32.2. The highest BCUT2D eigenvalue weighted by Gasteiger charge is 2.38. The quantitative estimate of drug-likeness (QED) is 0.362. The van der Waals surface area contributed by atoms with Crippen molar-refractivity contribution in [3.63, 3.8) is 0 Å². The van der Waals surface area contributed by atoms with Crippen LogP contribution in [0, 0.1) is 5.82 Å². The lowest BCUT2D eigenvalue weighted by Crippen LogP contribution is -2.40. The molecule has 35 heavy (non-hydrogen) atoms. The Hall–Kier alpha value is -3.43. The van der Waals surface area contributed by atoms with E-state index in [0.717, 1.165) is 22.2 Å². The van der Waals surface area contributed by atoms with Gasteiger partial charge in [0, 0.05) is 5.39 Å². The molecule has 0 spiro atoms. The van der Waals surface area contributed by atoms with Crippen LogP contribution in [0.4, 0.5) is 4.39 Å². The van der Waals surface area contributed by atoms with Gasteiger partial charge in [-0.3, -0.25) is 0 Å². The van der Waals surface area contributed by atoms with Crippen LogP contribution in [0.3, 0.4) is 0 Å². The Kier molecular flexibility index (Phi) is 6.21. The van der Waals surface area contributed by atoms with Crippen molar-refractivity contribution in [2.45, 2.75) is 37.2 Å². The third-order valence-electron chi connectivity index (χ3n) is 6.06. The number of rotatable bonds is 9. The molecule has 1 aliphatic carbocycles. The van der Waals surface area contributed by atoms with Gasteiger partial charge in [0.05, 0.1) is 35.8 Å². The van der Waals surface area contributed by atoms with Crippen LogP contribution in [0.25, 0.3) is 16.6 Å². The maximum absolute atomic E-state index is 13.3. The Morgan fingerprint density at radius 2 is 1.83 bits per heavy atom. The molecule has 0 amide bonds. The normalized spacial score (nSPS) is 15.6. The number of nitrogens with zero attached hydrogens (tertiary/aromatic N) is 2. The molecule has 1 saturated carbocycles. The van der Waals surface area contributed by atoms with Crippen molar-refractivity contribution < 1.29 is 22.3 Å². The van der Waals surface area contributed by atoms with Gasteiger partial charge in [0.1, 0.15) is 23.4 Å². The highest BCUT2D eigenvalue weighted by molar-refractivity contribution is 7.90. The van der Waals surface area contributed by atoms with E-state index in [1.54, 1.807) is 37.0 Å². The van der Waals surface area contributed by atoms with E-state index >= 15 is 0 Å². The van der Waals surface area contributed by atoms with Gasteiger partial charge in [-0.05, 0) is 79.9 Å². The summed E-state index contributed by atoms with van der Waals surface area (Å²) in [7, 11) is -1.83. The lowest BCUT2D eigenvalue weighted by atomic mass is 10.0. The zero-order valence-electron chi connectivity index (χ0n) is 19.4. The second-order valence-electron chi connectivity index (χ2n) is 8.72. The van der Waals surface area contributed by atoms with Gasteiger partial charge in [0.15, 0.2) is 0 Å². The second-order valence-corrected chi connectivity index (χ2v) is 10.7. The van der Waals surface area contributed by atoms with Crippen molar-refractivity contribution in [3.05, 3.63) is 84.3 Å². The monoisotopic (exact) mass is 495 g/mol. The fourth-order valence-corrected chi connectivity index (χ4v) is 5.68. The number of fused-ring (bicyclic) bond motifs is 1. The molecule has 4 aromatic rings. The van der Waals surface area contributed by atoms with Crippen LogP contribution in [0.15, 0.2) is 72.9 Å². The van der Waals surface area contributed by atoms with E-state index in [1.807, 2.05) is 42.5 Å². The van der Waals surface area contributed by atoms with Gasteiger partial charge in [0.25, 0.3) is 0 Å². The molecule has 1 N–H and O–H groups in total. The van der Waals surface area contributed by atoms with Crippen LogP contribution in [-0.4, -0.2) is 36.6 Å².